The Hall–Kier alpha value is -2.04. The Kier molecular flexibility index (Phi) is 3.19. The van der Waals surface area contributed by atoms with Crippen LogP contribution in [0.5, 0.6) is 0 Å². The minimum atomic E-state index is -0.341. The second-order valence-corrected chi connectivity index (χ2v) is 8.63. The van der Waals surface area contributed by atoms with Crippen molar-refractivity contribution in [3.8, 4) is 0 Å². The van der Waals surface area contributed by atoms with Crippen molar-refractivity contribution in [1.29, 1.82) is 0 Å². The predicted molar refractivity (Wildman–Crippen MR) is 92.0 cm³/mol. The highest BCUT2D eigenvalue weighted by Gasteiger charge is 2.56. The van der Waals surface area contributed by atoms with Crippen molar-refractivity contribution >= 4 is 12.0 Å². The normalized spacial score (nSPS) is 35.2. The number of likely N-dealkylation sites (tertiary alicyclic amines) is 1. The highest BCUT2D eigenvalue weighted by Crippen LogP contribution is 2.53. The van der Waals surface area contributed by atoms with Crippen molar-refractivity contribution in [3.05, 3.63) is 35.9 Å². The third kappa shape index (κ3) is 2.43. The highest BCUT2D eigenvalue weighted by molar-refractivity contribution is 5.82. The van der Waals surface area contributed by atoms with Crippen molar-refractivity contribution in [2.75, 3.05) is 19.7 Å². The number of amides is 2. The molecule has 5 heteroatoms. The molecule has 4 fully saturated rings. The van der Waals surface area contributed by atoms with Gasteiger partial charge in [0.2, 0.25) is 5.91 Å². The van der Waals surface area contributed by atoms with Crippen LogP contribution in [0.1, 0.15) is 43.6 Å². The van der Waals surface area contributed by atoms with E-state index in [1.54, 1.807) is 0 Å². The van der Waals surface area contributed by atoms with Crippen LogP contribution in [-0.2, 0) is 9.53 Å². The first kappa shape index (κ1) is 15.2. The first-order valence-corrected chi connectivity index (χ1v) is 9.35. The second-order valence-electron chi connectivity index (χ2n) is 8.63. The van der Waals surface area contributed by atoms with E-state index in [0.29, 0.717) is 17.9 Å². The van der Waals surface area contributed by atoms with Crippen LogP contribution >= 0.6 is 0 Å². The molecule has 2 aliphatic heterocycles. The number of ether oxygens (including phenoxy) is 1. The molecule has 132 valence electrons. The first-order valence-electron chi connectivity index (χ1n) is 9.35. The van der Waals surface area contributed by atoms with E-state index in [0.717, 1.165) is 25.9 Å². The minimum absolute atomic E-state index is 0.0608. The average molecular weight is 340 g/mol. The van der Waals surface area contributed by atoms with Gasteiger partial charge in [-0.1, -0.05) is 30.3 Å². The summed E-state index contributed by atoms with van der Waals surface area (Å²) in [5.74, 6) is 0.988. The van der Waals surface area contributed by atoms with E-state index in [1.807, 2.05) is 4.90 Å². The fraction of sp³-hybridized carbons (Fsp3) is 0.600. The summed E-state index contributed by atoms with van der Waals surface area (Å²) in [4.78, 5) is 26.0. The van der Waals surface area contributed by atoms with Gasteiger partial charge in [-0.05, 0) is 43.6 Å². The van der Waals surface area contributed by atoms with Crippen LogP contribution in [0.25, 0.3) is 0 Å². The molecule has 5 rings (SSSR count). The summed E-state index contributed by atoms with van der Waals surface area (Å²) in [5.41, 5.74) is 1.54. The number of nitrogens with one attached hydrogen (secondary N) is 1. The van der Waals surface area contributed by atoms with Gasteiger partial charge < -0.3 is 15.0 Å². The maximum Gasteiger partial charge on any atom is 0.407 e. The molecule has 2 heterocycles. The smallest absolute Gasteiger partial charge is 0.407 e. The zero-order chi connectivity index (χ0) is 17.1. The SMILES string of the molecule is O=C1N[C@]2(CO1)C[C@H](C(=O)N1CC3(CC[C@@H](c4ccccc4)C3)C1)C2. The lowest BCUT2D eigenvalue weighted by Crippen LogP contribution is -2.63. The fourth-order valence-corrected chi connectivity index (χ4v) is 5.45. The second kappa shape index (κ2) is 5.23. The number of hydrogen-bond donors (Lipinski definition) is 1. The lowest BCUT2D eigenvalue weighted by molar-refractivity contribution is -0.153. The van der Waals surface area contributed by atoms with Gasteiger partial charge in [0.15, 0.2) is 0 Å². The first-order chi connectivity index (χ1) is 12.1. The molecule has 25 heavy (non-hydrogen) atoms. The Balaban J connectivity index is 1.15. The highest BCUT2D eigenvalue weighted by atomic mass is 16.6. The van der Waals surface area contributed by atoms with Crippen LogP contribution < -0.4 is 5.32 Å². The monoisotopic (exact) mass is 340 g/mol. The summed E-state index contributed by atoms with van der Waals surface area (Å²) in [6, 6.07) is 10.8. The molecule has 2 saturated carbocycles. The van der Waals surface area contributed by atoms with Crippen molar-refractivity contribution in [3.63, 3.8) is 0 Å². The molecule has 5 nitrogen and oxygen atoms in total. The van der Waals surface area contributed by atoms with Crippen LogP contribution in [0.3, 0.4) is 0 Å². The van der Waals surface area contributed by atoms with E-state index < -0.39 is 0 Å². The lowest BCUT2D eigenvalue weighted by Gasteiger charge is -2.52. The molecule has 1 N–H and O–H groups in total. The van der Waals surface area contributed by atoms with Gasteiger partial charge in [0.05, 0.1) is 5.54 Å². The maximum absolute atomic E-state index is 12.7. The maximum atomic E-state index is 12.7. The lowest BCUT2D eigenvalue weighted by atomic mass is 9.67. The van der Waals surface area contributed by atoms with E-state index in [1.165, 1.54) is 24.8 Å². The van der Waals surface area contributed by atoms with Crippen LogP contribution in [0, 0.1) is 11.3 Å². The molecule has 1 atom stereocenters. The molecule has 2 spiro atoms. The van der Waals surface area contributed by atoms with Gasteiger partial charge in [-0.15, -0.1) is 0 Å². The zero-order valence-electron chi connectivity index (χ0n) is 14.4. The van der Waals surface area contributed by atoms with E-state index in [-0.39, 0.29) is 23.5 Å². The molecule has 0 bridgehead atoms. The van der Waals surface area contributed by atoms with Gasteiger partial charge in [0.25, 0.3) is 0 Å². The molecule has 2 amide bonds. The number of hydrogen-bond acceptors (Lipinski definition) is 3. The molecule has 2 aliphatic carbocycles. The number of carbonyl (C=O) groups is 2. The van der Waals surface area contributed by atoms with E-state index in [4.69, 9.17) is 4.74 Å². The van der Waals surface area contributed by atoms with E-state index >= 15 is 0 Å². The molecule has 0 radical (unpaired) electrons. The largest absolute Gasteiger partial charge is 0.447 e. The summed E-state index contributed by atoms with van der Waals surface area (Å²) in [5, 5.41) is 2.87. The molecule has 1 aromatic carbocycles. The van der Waals surface area contributed by atoms with Gasteiger partial charge >= 0.3 is 6.09 Å². The number of carbonyl (C=O) groups excluding carboxylic acids is 2. The van der Waals surface area contributed by atoms with Crippen molar-refractivity contribution < 1.29 is 14.3 Å². The third-order valence-electron chi connectivity index (χ3n) is 6.81. The quantitative estimate of drug-likeness (QED) is 0.900. The molecule has 0 unspecified atom stereocenters. The topological polar surface area (TPSA) is 58.6 Å². The van der Waals surface area contributed by atoms with Gasteiger partial charge in [0, 0.05) is 24.4 Å². The molecule has 2 saturated heterocycles. The molecular formula is C20H24N2O3. The summed E-state index contributed by atoms with van der Waals surface area (Å²) in [6.07, 6.45) is 4.80. The Morgan fingerprint density at radius 2 is 1.92 bits per heavy atom. The molecular weight excluding hydrogens is 316 g/mol. The standard InChI is InChI=1S/C20H24N2O3/c23-17(16-9-20(10-16)13-25-18(24)21-20)22-11-19(12-22)7-6-15(8-19)14-4-2-1-3-5-14/h1-5,15-16H,6-13H2,(H,21,24)/t15-,16-,20+/m1/s1. The minimum Gasteiger partial charge on any atom is -0.447 e. The van der Waals surface area contributed by atoms with Crippen LogP contribution in [0.15, 0.2) is 30.3 Å². The average Bonchev–Trinajstić information content (AvgIpc) is 3.17. The van der Waals surface area contributed by atoms with Crippen LogP contribution in [0.2, 0.25) is 0 Å². The summed E-state index contributed by atoms with van der Waals surface area (Å²) >= 11 is 0. The van der Waals surface area contributed by atoms with Crippen molar-refractivity contribution in [2.24, 2.45) is 11.3 Å². The Morgan fingerprint density at radius 3 is 2.60 bits per heavy atom. The van der Waals surface area contributed by atoms with E-state index in [9.17, 15) is 9.59 Å². The number of cyclic esters (lactones) is 1. The van der Waals surface area contributed by atoms with Gasteiger partial charge in [0.1, 0.15) is 6.61 Å². The van der Waals surface area contributed by atoms with Gasteiger partial charge in [-0.2, -0.15) is 0 Å². The Morgan fingerprint density at radius 1 is 1.16 bits per heavy atom. The molecule has 4 aliphatic rings. The zero-order valence-corrected chi connectivity index (χ0v) is 14.4. The third-order valence-corrected chi connectivity index (χ3v) is 6.81. The summed E-state index contributed by atoms with van der Waals surface area (Å²) < 4.78 is 4.99. The van der Waals surface area contributed by atoms with Crippen LogP contribution in [-0.4, -0.2) is 42.1 Å². The molecule has 0 aromatic heterocycles. The Bertz CT molecular complexity index is 705. The van der Waals surface area contributed by atoms with Crippen molar-refractivity contribution in [1.82, 2.24) is 10.2 Å². The summed E-state index contributed by atoms with van der Waals surface area (Å²) in [7, 11) is 0. The number of rotatable bonds is 2. The van der Waals surface area contributed by atoms with Crippen LogP contribution in [0.4, 0.5) is 4.79 Å². The Labute approximate surface area is 147 Å². The fourth-order valence-electron chi connectivity index (χ4n) is 5.45. The molecule has 1 aromatic rings. The van der Waals surface area contributed by atoms with E-state index in [2.05, 4.69) is 35.6 Å². The number of nitrogens with zero attached hydrogens (tertiary/aromatic N) is 1. The number of benzene rings is 1. The van der Waals surface area contributed by atoms with Gasteiger partial charge in [-0.25, -0.2) is 4.79 Å². The van der Waals surface area contributed by atoms with Crippen molar-refractivity contribution in [2.45, 2.75) is 43.6 Å². The van der Waals surface area contributed by atoms with Gasteiger partial charge in [-0.3, -0.25) is 4.79 Å². The summed E-state index contributed by atoms with van der Waals surface area (Å²) in [6.45, 7) is 2.25. The number of alkyl carbamates (subject to hydrolysis) is 1. The predicted octanol–water partition coefficient (Wildman–Crippen LogP) is 2.67.